The first-order valence-corrected chi connectivity index (χ1v) is 9.08. The maximum Gasteiger partial charge on any atom is 0.230 e. The van der Waals surface area contributed by atoms with Crippen LogP contribution in [0.5, 0.6) is 0 Å². The van der Waals surface area contributed by atoms with Gasteiger partial charge in [-0.05, 0) is 37.8 Å². The van der Waals surface area contributed by atoms with Crippen LogP contribution >= 0.6 is 12.4 Å². The number of nitrogens with two attached hydrogens (primary N) is 1. The van der Waals surface area contributed by atoms with Crippen LogP contribution in [0.1, 0.15) is 25.7 Å². The highest BCUT2D eigenvalue weighted by molar-refractivity contribution is 5.92. The van der Waals surface area contributed by atoms with Gasteiger partial charge in [0.1, 0.15) is 0 Å². The number of nitrogens with one attached hydrogen (secondary N) is 1. The van der Waals surface area contributed by atoms with Gasteiger partial charge in [-0.1, -0.05) is 18.2 Å². The molecule has 3 rings (SSSR count). The van der Waals surface area contributed by atoms with Crippen molar-refractivity contribution >= 4 is 29.9 Å². The van der Waals surface area contributed by atoms with E-state index in [9.17, 15) is 9.59 Å². The zero-order valence-corrected chi connectivity index (χ0v) is 15.8. The summed E-state index contributed by atoms with van der Waals surface area (Å²) < 4.78 is 5.39. The van der Waals surface area contributed by atoms with Crippen LogP contribution in [0.3, 0.4) is 0 Å². The van der Waals surface area contributed by atoms with E-state index < -0.39 is 5.41 Å². The number of amides is 2. The Morgan fingerprint density at radius 3 is 2.35 bits per heavy atom. The Kier molecular flexibility index (Phi) is 7.43. The summed E-state index contributed by atoms with van der Waals surface area (Å²) in [6.45, 7) is 2.80. The minimum atomic E-state index is -0.475. The zero-order valence-electron chi connectivity index (χ0n) is 15.0. The highest BCUT2D eigenvalue weighted by Gasteiger charge is 2.42. The van der Waals surface area contributed by atoms with E-state index in [1.54, 1.807) is 0 Å². The maximum atomic E-state index is 13.0. The number of rotatable bonds is 4. The molecule has 1 aromatic carbocycles. The van der Waals surface area contributed by atoms with E-state index >= 15 is 0 Å². The van der Waals surface area contributed by atoms with Crippen LogP contribution in [0.15, 0.2) is 30.3 Å². The quantitative estimate of drug-likeness (QED) is 0.835. The Bertz CT molecular complexity index is 597. The van der Waals surface area contributed by atoms with E-state index in [4.69, 9.17) is 10.5 Å². The molecule has 0 spiro atoms. The molecule has 7 heteroatoms. The Balaban J connectivity index is 0.00000243. The van der Waals surface area contributed by atoms with Gasteiger partial charge in [0.15, 0.2) is 0 Å². The van der Waals surface area contributed by atoms with Crippen molar-refractivity contribution < 1.29 is 14.3 Å². The van der Waals surface area contributed by atoms with Gasteiger partial charge in [0.25, 0.3) is 0 Å². The molecule has 0 aromatic heterocycles. The molecule has 3 N–H and O–H groups in total. The Morgan fingerprint density at radius 1 is 1.15 bits per heavy atom. The molecule has 1 aromatic rings. The highest BCUT2D eigenvalue weighted by atomic mass is 35.5. The molecular weight excluding hydrogens is 354 g/mol. The van der Waals surface area contributed by atoms with Gasteiger partial charge < -0.3 is 20.7 Å². The first kappa shape index (κ1) is 20.7. The second kappa shape index (κ2) is 9.35. The molecule has 26 heavy (non-hydrogen) atoms. The van der Waals surface area contributed by atoms with Crippen LogP contribution in [-0.2, 0) is 14.3 Å². The van der Waals surface area contributed by atoms with E-state index in [0.717, 1.165) is 5.69 Å². The Hall–Kier alpha value is -1.63. The topological polar surface area (TPSA) is 84.7 Å². The summed E-state index contributed by atoms with van der Waals surface area (Å²) in [6, 6.07) is 9.48. The van der Waals surface area contributed by atoms with E-state index in [1.165, 1.54) is 0 Å². The van der Waals surface area contributed by atoms with Crippen LogP contribution in [-0.4, -0.2) is 49.6 Å². The SMILES string of the molecule is Cl.NCC1(C(=O)N2CCC(C(=O)Nc3ccccc3)CC2)CCOCC1. The summed E-state index contributed by atoms with van der Waals surface area (Å²) in [5.41, 5.74) is 6.28. The normalized spacial score (nSPS) is 20.1. The van der Waals surface area contributed by atoms with Gasteiger partial charge in [0, 0.05) is 44.5 Å². The lowest BCUT2D eigenvalue weighted by Gasteiger charge is -2.41. The van der Waals surface area contributed by atoms with Crippen molar-refractivity contribution in [2.75, 3.05) is 38.2 Å². The van der Waals surface area contributed by atoms with Crippen molar-refractivity contribution in [1.29, 1.82) is 0 Å². The molecule has 2 aliphatic heterocycles. The summed E-state index contributed by atoms with van der Waals surface area (Å²) in [6.07, 6.45) is 2.77. The number of carbonyl (C=O) groups excluding carboxylic acids is 2. The summed E-state index contributed by atoms with van der Waals surface area (Å²) in [5.74, 6) is 0.130. The standard InChI is InChI=1S/C19H27N3O3.ClH/c20-14-19(8-12-25-13-9-19)18(24)22-10-6-15(7-11-22)17(23)21-16-4-2-1-3-5-16;/h1-5,15H,6-14,20H2,(H,21,23);1H. The molecule has 2 saturated heterocycles. The molecule has 2 aliphatic rings. The minimum absolute atomic E-state index is 0. The number of likely N-dealkylation sites (tertiary alicyclic amines) is 1. The van der Waals surface area contributed by atoms with Crippen molar-refractivity contribution in [3.8, 4) is 0 Å². The summed E-state index contributed by atoms with van der Waals surface area (Å²) in [5, 5.41) is 2.96. The summed E-state index contributed by atoms with van der Waals surface area (Å²) in [4.78, 5) is 27.3. The molecule has 0 bridgehead atoms. The van der Waals surface area contributed by atoms with E-state index in [2.05, 4.69) is 5.32 Å². The molecule has 0 atom stereocenters. The number of halogens is 1. The average Bonchev–Trinajstić information content (AvgIpc) is 2.69. The summed E-state index contributed by atoms with van der Waals surface area (Å²) in [7, 11) is 0. The van der Waals surface area contributed by atoms with E-state index in [-0.39, 0.29) is 30.1 Å². The smallest absolute Gasteiger partial charge is 0.230 e. The molecular formula is C19H28ClN3O3. The largest absolute Gasteiger partial charge is 0.381 e. The van der Waals surface area contributed by atoms with Gasteiger partial charge in [0.2, 0.25) is 11.8 Å². The van der Waals surface area contributed by atoms with Gasteiger partial charge >= 0.3 is 0 Å². The number of hydrogen-bond acceptors (Lipinski definition) is 4. The molecule has 2 heterocycles. The molecule has 0 aliphatic carbocycles. The number of anilines is 1. The van der Waals surface area contributed by atoms with Gasteiger partial charge in [-0.3, -0.25) is 9.59 Å². The van der Waals surface area contributed by atoms with Crippen molar-refractivity contribution in [1.82, 2.24) is 4.90 Å². The van der Waals surface area contributed by atoms with Crippen LogP contribution in [0, 0.1) is 11.3 Å². The van der Waals surface area contributed by atoms with Gasteiger partial charge in [-0.25, -0.2) is 0 Å². The fraction of sp³-hybridized carbons (Fsp3) is 0.579. The Morgan fingerprint density at radius 2 is 1.77 bits per heavy atom. The lowest BCUT2D eigenvalue weighted by atomic mass is 9.78. The van der Waals surface area contributed by atoms with Crippen molar-refractivity contribution in [2.45, 2.75) is 25.7 Å². The Labute approximate surface area is 160 Å². The number of hydrogen-bond donors (Lipinski definition) is 2. The van der Waals surface area contributed by atoms with Crippen LogP contribution in [0.25, 0.3) is 0 Å². The average molecular weight is 382 g/mol. The van der Waals surface area contributed by atoms with Crippen molar-refractivity contribution in [3.63, 3.8) is 0 Å². The minimum Gasteiger partial charge on any atom is -0.381 e. The first-order chi connectivity index (χ1) is 12.1. The summed E-state index contributed by atoms with van der Waals surface area (Å²) >= 11 is 0. The van der Waals surface area contributed by atoms with Gasteiger partial charge in [-0.2, -0.15) is 0 Å². The zero-order chi connectivity index (χ0) is 17.7. The third-order valence-corrected chi connectivity index (χ3v) is 5.49. The number of ether oxygens (including phenoxy) is 1. The fourth-order valence-electron chi connectivity index (χ4n) is 3.71. The second-order valence-electron chi connectivity index (χ2n) is 7.02. The maximum absolute atomic E-state index is 13.0. The van der Waals surface area contributed by atoms with Crippen molar-refractivity contribution in [2.24, 2.45) is 17.1 Å². The number of piperidine rings is 1. The number of carbonyl (C=O) groups is 2. The van der Waals surface area contributed by atoms with Gasteiger partial charge in [-0.15, -0.1) is 12.4 Å². The van der Waals surface area contributed by atoms with E-state index in [0.29, 0.717) is 58.5 Å². The van der Waals surface area contributed by atoms with Crippen LogP contribution in [0.4, 0.5) is 5.69 Å². The molecule has 2 amide bonds. The highest BCUT2D eigenvalue weighted by Crippen LogP contribution is 2.33. The molecule has 0 saturated carbocycles. The van der Waals surface area contributed by atoms with E-state index in [1.807, 2.05) is 35.2 Å². The monoisotopic (exact) mass is 381 g/mol. The third-order valence-electron chi connectivity index (χ3n) is 5.49. The molecule has 144 valence electrons. The predicted molar refractivity (Wildman–Crippen MR) is 103 cm³/mol. The first-order valence-electron chi connectivity index (χ1n) is 9.08. The molecule has 0 radical (unpaired) electrons. The molecule has 2 fully saturated rings. The molecule has 0 unspecified atom stereocenters. The van der Waals surface area contributed by atoms with Crippen molar-refractivity contribution in [3.05, 3.63) is 30.3 Å². The van der Waals surface area contributed by atoms with Gasteiger partial charge in [0.05, 0.1) is 5.41 Å². The lowest BCUT2D eigenvalue weighted by Crippen LogP contribution is -2.53. The number of para-hydroxylation sites is 1. The van der Waals surface area contributed by atoms with Crippen LogP contribution in [0.2, 0.25) is 0 Å². The lowest BCUT2D eigenvalue weighted by molar-refractivity contribution is -0.149. The second-order valence-corrected chi connectivity index (χ2v) is 7.02. The fourth-order valence-corrected chi connectivity index (χ4v) is 3.71. The predicted octanol–water partition coefficient (Wildman–Crippen LogP) is 2.04. The third kappa shape index (κ3) is 4.55. The number of nitrogens with zero attached hydrogens (tertiary/aromatic N) is 1. The molecule has 6 nitrogen and oxygen atoms in total. The van der Waals surface area contributed by atoms with Crippen LogP contribution < -0.4 is 11.1 Å². The number of benzene rings is 1.